The first-order valence-electron chi connectivity index (χ1n) is 5.40. The van der Waals surface area contributed by atoms with Gasteiger partial charge in [-0.25, -0.2) is 0 Å². The average molecular weight is 184 g/mol. The van der Waals surface area contributed by atoms with Crippen LogP contribution in [0.25, 0.3) is 0 Å². The van der Waals surface area contributed by atoms with Crippen molar-refractivity contribution in [2.75, 3.05) is 26.7 Å². The molecule has 2 heterocycles. The zero-order chi connectivity index (χ0) is 9.26. The summed E-state index contributed by atoms with van der Waals surface area (Å²) >= 11 is 0. The van der Waals surface area contributed by atoms with Crippen molar-refractivity contribution in [1.29, 1.82) is 0 Å². The number of aliphatic hydroxyl groups is 1. The Morgan fingerprint density at radius 2 is 2.00 bits per heavy atom. The molecule has 0 saturated carbocycles. The molecule has 1 N–H and O–H groups in total. The van der Waals surface area contributed by atoms with Gasteiger partial charge in [0.25, 0.3) is 0 Å². The summed E-state index contributed by atoms with van der Waals surface area (Å²) in [5.41, 5.74) is 0. The smallest absolute Gasteiger partial charge is 0.0623 e. The number of aliphatic hydroxyl groups excluding tert-OH is 1. The molecule has 0 aromatic heterocycles. The molecule has 0 radical (unpaired) electrons. The SMILES string of the molecule is CN1CCC[C@@H]1N1CCC[C@@H]1CO. The van der Waals surface area contributed by atoms with E-state index in [9.17, 15) is 5.11 Å². The molecule has 2 fully saturated rings. The molecule has 0 bridgehead atoms. The average Bonchev–Trinajstić information content (AvgIpc) is 2.71. The lowest BCUT2D eigenvalue weighted by atomic mass is 10.2. The number of rotatable bonds is 2. The van der Waals surface area contributed by atoms with Crippen LogP contribution < -0.4 is 0 Å². The van der Waals surface area contributed by atoms with Crippen molar-refractivity contribution >= 4 is 0 Å². The van der Waals surface area contributed by atoms with E-state index in [0.29, 0.717) is 18.8 Å². The third-order valence-corrected chi connectivity index (χ3v) is 3.50. The van der Waals surface area contributed by atoms with Gasteiger partial charge >= 0.3 is 0 Å². The normalized spacial score (nSPS) is 37.4. The van der Waals surface area contributed by atoms with Gasteiger partial charge in [-0.1, -0.05) is 0 Å². The van der Waals surface area contributed by atoms with Gasteiger partial charge in [0, 0.05) is 12.6 Å². The fourth-order valence-electron chi connectivity index (χ4n) is 2.76. The molecule has 0 aromatic rings. The van der Waals surface area contributed by atoms with E-state index in [0.717, 1.165) is 0 Å². The second kappa shape index (κ2) is 3.95. The third kappa shape index (κ3) is 1.73. The molecule has 2 aliphatic heterocycles. The van der Waals surface area contributed by atoms with Gasteiger partial charge in [0.05, 0.1) is 12.8 Å². The molecule has 2 aliphatic rings. The fourth-order valence-corrected chi connectivity index (χ4v) is 2.76. The number of nitrogens with zero attached hydrogens (tertiary/aromatic N) is 2. The summed E-state index contributed by atoms with van der Waals surface area (Å²) in [5, 5.41) is 9.22. The van der Waals surface area contributed by atoms with E-state index in [-0.39, 0.29) is 0 Å². The van der Waals surface area contributed by atoms with Crippen molar-refractivity contribution in [2.24, 2.45) is 0 Å². The Bertz CT molecular complexity index is 174. The van der Waals surface area contributed by atoms with E-state index in [1.165, 1.54) is 38.8 Å². The lowest BCUT2D eigenvalue weighted by molar-refractivity contribution is 0.0550. The summed E-state index contributed by atoms with van der Waals surface area (Å²) in [4.78, 5) is 4.92. The van der Waals surface area contributed by atoms with E-state index < -0.39 is 0 Å². The van der Waals surface area contributed by atoms with E-state index in [1.807, 2.05) is 0 Å². The molecule has 76 valence electrons. The molecule has 0 aromatic carbocycles. The van der Waals surface area contributed by atoms with Crippen molar-refractivity contribution < 1.29 is 5.11 Å². The summed E-state index contributed by atoms with van der Waals surface area (Å²) in [6.07, 6.45) is 5.65. The van der Waals surface area contributed by atoms with E-state index in [1.54, 1.807) is 0 Å². The molecule has 2 atom stereocenters. The Balaban J connectivity index is 1.98. The van der Waals surface area contributed by atoms with E-state index in [2.05, 4.69) is 16.8 Å². The Kier molecular flexibility index (Phi) is 2.86. The standard InChI is InChI=1S/C10H20N2O/c1-11-6-3-5-10(11)12-7-2-4-9(12)8-13/h9-10,13H,2-8H2,1H3/t9-,10+/m1/s1. The summed E-state index contributed by atoms with van der Waals surface area (Å²) < 4.78 is 0. The fraction of sp³-hybridized carbons (Fsp3) is 1.00. The summed E-state index contributed by atoms with van der Waals surface area (Å²) in [6.45, 7) is 2.74. The zero-order valence-corrected chi connectivity index (χ0v) is 8.45. The van der Waals surface area contributed by atoms with Crippen molar-refractivity contribution in [2.45, 2.75) is 37.9 Å². The highest BCUT2D eigenvalue weighted by molar-refractivity contribution is 4.86. The number of hydrogen-bond donors (Lipinski definition) is 1. The second-order valence-corrected chi connectivity index (χ2v) is 4.32. The van der Waals surface area contributed by atoms with Gasteiger partial charge in [-0.05, 0) is 39.3 Å². The Hall–Kier alpha value is -0.120. The van der Waals surface area contributed by atoms with Crippen molar-refractivity contribution in [3.05, 3.63) is 0 Å². The minimum Gasteiger partial charge on any atom is -0.395 e. The minimum atomic E-state index is 0.338. The Morgan fingerprint density at radius 3 is 2.62 bits per heavy atom. The van der Waals surface area contributed by atoms with Gasteiger partial charge < -0.3 is 5.11 Å². The second-order valence-electron chi connectivity index (χ2n) is 4.32. The number of likely N-dealkylation sites (tertiary alicyclic amines) is 2. The molecular weight excluding hydrogens is 164 g/mol. The molecule has 13 heavy (non-hydrogen) atoms. The maximum absolute atomic E-state index is 9.22. The molecule has 0 aliphatic carbocycles. The molecule has 0 unspecified atom stereocenters. The zero-order valence-electron chi connectivity index (χ0n) is 8.45. The predicted molar refractivity (Wildman–Crippen MR) is 52.5 cm³/mol. The van der Waals surface area contributed by atoms with Crippen molar-refractivity contribution in [3.8, 4) is 0 Å². The van der Waals surface area contributed by atoms with Gasteiger partial charge in [0.1, 0.15) is 0 Å². The number of hydrogen-bond acceptors (Lipinski definition) is 3. The van der Waals surface area contributed by atoms with Gasteiger partial charge in [-0.2, -0.15) is 0 Å². The Morgan fingerprint density at radius 1 is 1.23 bits per heavy atom. The largest absolute Gasteiger partial charge is 0.395 e. The van der Waals surface area contributed by atoms with Crippen LogP contribution in [-0.4, -0.2) is 53.9 Å². The maximum Gasteiger partial charge on any atom is 0.0623 e. The first-order valence-corrected chi connectivity index (χ1v) is 5.40. The van der Waals surface area contributed by atoms with Crippen LogP contribution in [0.4, 0.5) is 0 Å². The summed E-state index contributed by atoms with van der Waals surface area (Å²) in [5.74, 6) is 0. The van der Waals surface area contributed by atoms with Crippen LogP contribution in [0.1, 0.15) is 25.7 Å². The van der Waals surface area contributed by atoms with Crippen LogP contribution in [0, 0.1) is 0 Å². The Labute approximate surface area is 80.3 Å². The van der Waals surface area contributed by atoms with Gasteiger partial charge in [0.15, 0.2) is 0 Å². The molecule has 2 rings (SSSR count). The van der Waals surface area contributed by atoms with Crippen LogP contribution in [0.2, 0.25) is 0 Å². The maximum atomic E-state index is 9.22. The first kappa shape index (κ1) is 9.44. The van der Waals surface area contributed by atoms with Crippen LogP contribution in [0.15, 0.2) is 0 Å². The molecule has 2 saturated heterocycles. The third-order valence-electron chi connectivity index (χ3n) is 3.50. The lowest BCUT2D eigenvalue weighted by Gasteiger charge is -2.33. The molecule has 0 spiro atoms. The molecule has 3 nitrogen and oxygen atoms in total. The van der Waals surface area contributed by atoms with Crippen molar-refractivity contribution in [1.82, 2.24) is 9.80 Å². The monoisotopic (exact) mass is 184 g/mol. The highest BCUT2D eigenvalue weighted by atomic mass is 16.3. The first-order chi connectivity index (χ1) is 6.33. The van der Waals surface area contributed by atoms with Crippen LogP contribution in [-0.2, 0) is 0 Å². The van der Waals surface area contributed by atoms with Crippen LogP contribution >= 0.6 is 0 Å². The van der Waals surface area contributed by atoms with Gasteiger partial charge in [-0.15, -0.1) is 0 Å². The highest BCUT2D eigenvalue weighted by Gasteiger charge is 2.34. The van der Waals surface area contributed by atoms with Crippen molar-refractivity contribution in [3.63, 3.8) is 0 Å². The topological polar surface area (TPSA) is 26.7 Å². The molecule has 3 heteroatoms. The highest BCUT2D eigenvalue weighted by Crippen LogP contribution is 2.26. The minimum absolute atomic E-state index is 0.338. The van der Waals surface area contributed by atoms with E-state index in [4.69, 9.17) is 0 Å². The van der Waals surface area contributed by atoms with Crippen LogP contribution in [0.5, 0.6) is 0 Å². The summed E-state index contributed by atoms with van der Waals surface area (Å²) in [7, 11) is 2.20. The van der Waals surface area contributed by atoms with Crippen LogP contribution in [0.3, 0.4) is 0 Å². The lowest BCUT2D eigenvalue weighted by Crippen LogP contribution is -2.46. The van der Waals surface area contributed by atoms with E-state index >= 15 is 0 Å². The van der Waals surface area contributed by atoms with Gasteiger partial charge in [-0.3, -0.25) is 9.80 Å². The predicted octanol–water partition coefficient (Wildman–Crippen LogP) is 0.495. The summed E-state index contributed by atoms with van der Waals surface area (Å²) in [6, 6.07) is 0.436. The molecular formula is C10H20N2O. The van der Waals surface area contributed by atoms with Gasteiger partial charge in [0.2, 0.25) is 0 Å². The molecule has 0 amide bonds. The quantitative estimate of drug-likeness (QED) is 0.677.